The molecule has 6 heteroatoms. The van der Waals surface area contributed by atoms with Gasteiger partial charge >= 0.3 is 6.09 Å². The number of amides is 1. The molecule has 1 fully saturated rings. The second-order valence-electron chi connectivity index (χ2n) is 7.78. The van der Waals surface area contributed by atoms with Crippen molar-refractivity contribution in [3.63, 3.8) is 0 Å². The molecule has 2 heterocycles. The van der Waals surface area contributed by atoms with E-state index >= 15 is 0 Å². The number of carbonyl (C=O) groups is 1. The van der Waals surface area contributed by atoms with E-state index in [2.05, 4.69) is 28.0 Å². The molecule has 0 aromatic heterocycles. The lowest BCUT2D eigenvalue weighted by atomic mass is 10.1. The summed E-state index contributed by atoms with van der Waals surface area (Å²) in [5.41, 5.74) is 8.91. The van der Waals surface area contributed by atoms with Gasteiger partial charge in [0.2, 0.25) is 0 Å². The number of nitrogens with two attached hydrogens (primary N) is 1. The topological polar surface area (TPSA) is 68.0 Å². The van der Waals surface area contributed by atoms with Gasteiger partial charge < -0.3 is 20.1 Å². The first-order valence-corrected chi connectivity index (χ1v) is 10.4. The minimum Gasteiger partial charge on any atom is -0.493 e. The van der Waals surface area contributed by atoms with Crippen molar-refractivity contribution in [2.24, 2.45) is 5.73 Å². The minimum atomic E-state index is -0.720. The van der Waals surface area contributed by atoms with Crippen LogP contribution < -0.4 is 10.5 Å². The Morgan fingerprint density at radius 2 is 1.83 bits per heavy atom. The molecular formula is C23H29N3O3. The van der Waals surface area contributed by atoms with Gasteiger partial charge in [-0.2, -0.15) is 0 Å². The molecule has 4 rings (SSSR count). The quantitative estimate of drug-likeness (QED) is 0.781. The number of hydrogen-bond donors (Lipinski definition) is 1. The molecule has 2 aromatic rings. The normalized spacial score (nSPS) is 18.1. The summed E-state index contributed by atoms with van der Waals surface area (Å²) in [6.07, 6.45) is 0.757. The maximum absolute atomic E-state index is 11.3. The second kappa shape index (κ2) is 9.29. The Morgan fingerprint density at radius 3 is 2.59 bits per heavy atom. The van der Waals surface area contributed by atoms with Crippen molar-refractivity contribution in [3.05, 3.63) is 65.2 Å². The molecular weight excluding hydrogens is 366 g/mol. The van der Waals surface area contributed by atoms with E-state index in [4.69, 9.17) is 15.2 Å². The number of fused-ring (bicyclic) bond motifs is 1. The van der Waals surface area contributed by atoms with Crippen LogP contribution >= 0.6 is 0 Å². The van der Waals surface area contributed by atoms with Crippen molar-refractivity contribution < 1.29 is 14.3 Å². The SMILES string of the molecule is NC(=O)OC(CCN1CCN(Cc2ccc3c(c2)OCC3)CC1)c1ccccc1. The van der Waals surface area contributed by atoms with Crippen LogP contribution in [0.25, 0.3) is 0 Å². The van der Waals surface area contributed by atoms with Crippen LogP contribution in [0, 0.1) is 0 Å². The average Bonchev–Trinajstić information content (AvgIpc) is 3.20. The molecule has 2 aliphatic rings. The Kier molecular flexibility index (Phi) is 6.32. The molecule has 1 saturated heterocycles. The molecule has 2 N–H and O–H groups in total. The van der Waals surface area contributed by atoms with Gasteiger partial charge in [-0.15, -0.1) is 0 Å². The summed E-state index contributed by atoms with van der Waals surface area (Å²) in [6.45, 7) is 6.74. The zero-order valence-corrected chi connectivity index (χ0v) is 16.8. The summed E-state index contributed by atoms with van der Waals surface area (Å²) in [5, 5.41) is 0. The van der Waals surface area contributed by atoms with Crippen LogP contribution in [0.4, 0.5) is 4.79 Å². The van der Waals surface area contributed by atoms with Crippen molar-refractivity contribution in [1.82, 2.24) is 9.80 Å². The van der Waals surface area contributed by atoms with E-state index in [9.17, 15) is 4.79 Å². The largest absolute Gasteiger partial charge is 0.493 e. The number of carbonyl (C=O) groups excluding carboxylic acids is 1. The first-order valence-electron chi connectivity index (χ1n) is 10.4. The molecule has 6 nitrogen and oxygen atoms in total. The Bertz CT molecular complexity index is 819. The van der Waals surface area contributed by atoms with Gasteiger partial charge in [0, 0.05) is 52.1 Å². The van der Waals surface area contributed by atoms with E-state index in [1.165, 1.54) is 11.1 Å². The lowest BCUT2D eigenvalue weighted by Crippen LogP contribution is -2.46. The fraction of sp³-hybridized carbons (Fsp3) is 0.435. The lowest BCUT2D eigenvalue weighted by Gasteiger charge is -2.35. The minimum absolute atomic E-state index is 0.293. The predicted octanol–water partition coefficient (Wildman–Crippen LogP) is 2.97. The highest BCUT2D eigenvalue weighted by Crippen LogP contribution is 2.27. The van der Waals surface area contributed by atoms with Gasteiger partial charge in [0.1, 0.15) is 11.9 Å². The van der Waals surface area contributed by atoms with Gasteiger partial charge in [0.05, 0.1) is 6.61 Å². The first-order chi connectivity index (χ1) is 14.2. The van der Waals surface area contributed by atoms with Gasteiger partial charge in [0.25, 0.3) is 0 Å². The van der Waals surface area contributed by atoms with Crippen LogP contribution in [0.2, 0.25) is 0 Å². The predicted molar refractivity (Wildman–Crippen MR) is 112 cm³/mol. The molecule has 1 amide bonds. The number of piperazine rings is 1. The molecule has 2 aliphatic heterocycles. The fourth-order valence-electron chi connectivity index (χ4n) is 4.14. The highest BCUT2D eigenvalue weighted by molar-refractivity contribution is 5.65. The van der Waals surface area contributed by atoms with Crippen molar-refractivity contribution in [2.45, 2.75) is 25.5 Å². The van der Waals surface area contributed by atoms with E-state index in [0.29, 0.717) is 0 Å². The van der Waals surface area contributed by atoms with Gasteiger partial charge in [-0.25, -0.2) is 4.79 Å². The van der Waals surface area contributed by atoms with E-state index in [-0.39, 0.29) is 6.10 Å². The summed E-state index contributed by atoms with van der Waals surface area (Å²) in [7, 11) is 0. The van der Waals surface area contributed by atoms with Crippen LogP contribution in [0.5, 0.6) is 5.75 Å². The summed E-state index contributed by atoms with van der Waals surface area (Å²) in [4.78, 5) is 16.2. The third-order valence-corrected chi connectivity index (χ3v) is 5.77. The Labute approximate surface area is 172 Å². The average molecular weight is 396 g/mol. The smallest absolute Gasteiger partial charge is 0.405 e. The van der Waals surface area contributed by atoms with Crippen molar-refractivity contribution in [2.75, 3.05) is 39.3 Å². The number of benzene rings is 2. The van der Waals surface area contributed by atoms with Crippen LogP contribution in [-0.2, 0) is 17.7 Å². The monoisotopic (exact) mass is 395 g/mol. The number of ether oxygens (including phenoxy) is 2. The molecule has 154 valence electrons. The molecule has 0 spiro atoms. The maximum atomic E-state index is 11.3. The summed E-state index contributed by atoms with van der Waals surface area (Å²) in [5.74, 6) is 1.06. The fourth-order valence-corrected chi connectivity index (χ4v) is 4.14. The van der Waals surface area contributed by atoms with Crippen molar-refractivity contribution >= 4 is 6.09 Å². The number of primary amides is 1. The van der Waals surface area contributed by atoms with E-state index < -0.39 is 6.09 Å². The Balaban J connectivity index is 1.25. The first kappa shape index (κ1) is 19.7. The van der Waals surface area contributed by atoms with Gasteiger partial charge in [-0.3, -0.25) is 4.90 Å². The third-order valence-electron chi connectivity index (χ3n) is 5.77. The summed E-state index contributed by atoms with van der Waals surface area (Å²) < 4.78 is 11.0. The zero-order chi connectivity index (χ0) is 20.1. The molecule has 1 unspecified atom stereocenters. The van der Waals surface area contributed by atoms with Crippen molar-refractivity contribution in [1.29, 1.82) is 0 Å². The van der Waals surface area contributed by atoms with Crippen LogP contribution in [-0.4, -0.2) is 55.2 Å². The number of nitrogens with zero attached hydrogens (tertiary/aromatic N) is 2. The van der Waals surface area contributed by atoms with Gasteiger partial charge in [-0.05, 0) is 22.8 Å². The second-order valence-corrected chi connectivity index (χ2v) is 7.78. The van der Waals surface area contributed by atoms with Crippen LogP contribution in [0.15, 0.2) is 48.5 Å². The van der Waals surface area contributed by atoms with E-state index in [1.807, 2.05) is 30.3 Å². The zero-order valence-electron chi connectivity index (χ0n) is 16.8. The van der Waals surface area contributed by atoms with E-state index in [0.717, 1.165) is 70.0 Å². The standard InChI is InChI=1S/C23H29N3O3/c24-23(27)29-21(19-4-2-1-3-5-19)8-10-25-11-13-26(14-12-25)17-18-6-7-20-9-15-28-22(20)16-18/h1-7,16,21H,8-15,17H2,(H2,24,27). The van der Waals surface area contributed by atoms with Crippen LogP contribution in [0.1, 0.15) is 29.2 Å². The Hall–Kier alpha value is -2.57. The number of rotatable bonds is 7. The van der Waals surface area contributed by atoms with Crippen molar-refractivity contribution in [3.8, 4) is 5.75 Å². The third kappa shape index (κ3) is 5.28. The number of hydrogen-bond acceptors (Lipinski definition) is 5. The van der Waals surface area contributed by atoms with E-state index in [1.54, 1.807) is 0 Å². The molecule has 0 radical (unpaired) electrons. The summed E-state index contributed by atoms with van der Waals surface area (Å²) in [6, 6.07) is 16.4. The molecule has 0 saturated carbocycles. The molecule has 1 atom stereocenters. The maximum Gasteiger partial charge on any atom is 0.405 e. The van der Waals surface area contributed by atoms with Gasteiger partial charge in [-0.1, -0.05) is 42.5 Å². The molecule has 0 bridgehead atoms. The Morgan fingerprint density at radius 1 is 1.07 bits per heavy atom. The molecule has 29 heavy (non-hydrogen) atoms. The highest BCUT2D eigenvalue weighted by Gasteiger charge is 2.21. The molecule has 2 aromatic carbocycles. The molecule has 0 aliphatic carbocycles. The highest BCUT2D eigenvalue weighted by atomic mass is 16.6. The van der Waals surface area contributed by atoms with Crippen LogP contribution in [0.3, 0.4) is 0 Å². The van der Waals surface area contributed by atoms with Gasteiger partial charge in [0.15, 0.2) is 0 Å². The summed E-state index contributed by atoms with van der Waals surface area (Å²) >= 11 is 0. The lowest BCUT2D eigenvalue weighted by molar-refractivity contribution is 0.0780.